The van der Waals surface area contributed by atoms with Gasteiger partial charge in [-0.25, -0.2) is 0 Å². The van der Waals surface area contributed by atoms with E-state index in [2.05, 4.69) is 29.0 Å². The van der Waals surface area contributed by atoms with Crippen molar-refractivity contribution in [2.75, 3.05) is 36.4 Å². The fourth-order valence-electron chi connectivity index (χ4n) is 3.01. The number of anilines is 2. The van der Waals surface area contributed by atoms with Crippen molar-refractivity contribution in [3.05, 3.63) is 23.8 Å². The Balaban J connectivity index is 1.71. The minimum Gasteiger partial charge on any atom is -0.369 e. The highest BCUT2D eigenvalue weighted by Gasteiger charge is 2.29. The molecule has 0 aromatic heterocycles. The van der Waals surface area contributed by atoms with Crippen LogP contribution in [0.2, 0.25) is 0 Å². The van der Waals surface area contributed by atoms with E-state index in [9.17, 15) is 9.59 Å². The fraction of sp³-hybridized carbons (Fsp3) is 0.500. The normalized spacial score (nSPS) is 20.4. The maximum absolute atomic E-state index is 11.6. The molecule has 2 aliphatic rings. The van der Waals surface area contributed by atoms with Gasteiger partial charge >= 0.3 is 0 Å². The summed E-state index contributed by atoms with van der Waals surface area (Å²) in [5, 5.41) is 2.64. The van der Waals surface area contributed by atoms with E-state index in [0.717, 1.165) is 31.9 Å². The summed E-state index contributed by atoms with van der Waals surface area (Å²) in [6, 6.07) is 6.24. The first-order chi connectivity index (χ1) is 10.1. The number of nitrogens with zero attached hydrogens (tertiary/aromatic N) is 2. The topological polar surface area (TPSA) is 52.6 Å². The van der Waals surface area contributed by atoms with Crippen LogP contribution in [0, 0.1) is 0 Å². The molecule has 1 saturated heterocycles. The average molecular weight is 287 g/mol. The Hall–Kier alpha value is -1.88. The zero-order chi connectivity index (χ0) is 15.0. The first-order valence-corrected chi connectivity index (χ1v) is 7.59. The molecule has 1 amide bonds. The van der Waals surface area contributed by atoms with Gasteiger partial charge in [0.1, 0.15) is 0 Å². The van der Waals surface area contributed by atoms with Crippen LogP contribution in [-0.4, -0.2) is 48.8 Å². The number of fused-ring (bicyclic) bond motifs is 1. The summed E-state index contributed by atoms with van der Waals surface area (Å²) in [4.78, 5) is 27.8. The van der Waals surface area contributed by atoms with Crippen LogP contribution in [0.3, 0.4) is 0 Å². The van der Waals surface area contributed by atoms with Gasteiger partial charge in [-0.15, -0.1) is 0 Å². The Morgan fingerprint density at radius 3 is 2.57 bits per heavy atom. The molecule has 5 nitrogen and oxygen atoms in total. The van der Waals surface area contributed by atoms with Crippen LogP contribution in [0.4, 0.5) is 11.4 Å². The van der Waals surface area contributed by atoms with Gasteiger partial charge in [-0.1, -0.05) is 6.92 Å². The molecule has 3 rings (SSSR count). The molecule has 21 heavy (non-hydrogen) atoms. The summed E-state index contributed by atoms with van der Waals surface area (Å²) in [6.07, 6.45) is 1.17. The van der Waals surface area contributed by atoms with E-state index in [1.165, 1.54) is 6.42 Å². The van der Waals surface area contributed by atoms with Crippen molar-refractivity contribution in [1.29, 1.82) is 0 Å². The van der Waals surface area contributed by atoms with E-state index in [0.29, 0.717) is 17.3 Å². The molecule has 1 atom stereocenters. The molecule has 5 heteroatoms. The SMILES string of the molecule is CCC(C)N1CCN(c2ccc3c(c2)NC(=O)C3=O)CC1. The van der Waals surface area contributed by atoms with Gasteiger partial charge in [0, 0.05) is 37.9 Å². The maximum atomic E-state index is 11.6. The molecule has 1 N–H and O–H groups in total. The van der Waals surface area contributed by atoms with Crippen LogP contribution in [0.5, 0.6) is 0 Å². The first kappa shape index (κ1) is 14.1. The minimum atomic E-state index is -0.524. The second-order valence-corrected chi connectivity index (χ2v) is 5.79. The number of nitrogens with one attached hydrogen (secondary N) is 1. The third-order valence-corrected chi connectivity index (χ3v) is 4.60. The number of hydrogen-bond acceptors (Lipinski definition) is 4. The lowest BCUT2D eigenvalue weighted by atomic mass is 10.1. The number of carbonyl (C=O) groups excluding carboxylic acids is 2. The van der Waals surface area contributed by atoms with Gasteiger partial charge in [-0.2, -0.15) is 0 Å². The summed E-state index contributed by atoms with van der Waals surface area (Å²) in [6.45, 7) is 8.55. The number of benzene rings is 1. The Labute approximate surface area is 124 Å². The molecule has 1 aromatic rings. The maximum Gasteiger partial charge on any atom is 0.296 e. The molecule has 0 saturated carbocycles. The molecule has 1 unspecified atom stereocenters. The van der Waals surface area contributed by atoms with Gasteiger partial charge in [-0.3, -0.25) is 14.5 Å². The fourth-order valence-corrected chi connectivity index (χ4v) is 3.01. The highest BCUT2D eigenvalue weighted by molar-refractivity contribution is 6.51. The van der Waals surface area contributed by atoms with Crippen molar-refractivity contribution in [3.63, 3.8) is 0 Å². The second kappa shape index (κ2) is 5.48. The summed E-state index contributed by atoms with van der Waals surface area (Å²) in [7, 11) is 0. The Morgan fingerprint density at radius 2 is 1.90 bits per heavy atom. The lowest BCUT2D eigenvalue weighted by Gasteiger charge is -2.39. The van der Waals surface area contributed by atoms with Crippen LogP contribution >= 0.6 is 0 Å². The van der Waals surface area contributed by atoms with E-state index in [-0.39, 0.29) is 0 Å². The molecule has 0 spiro atoms. The molecular formula is C16H21N3O2. The predicted octanol–water partition coefficient (Wildman–Crippen LogP) is 1.74. The number of piperazine rings is 1. The minimum absolute atomic E-state index is 0.432. The van der Waals surface area contributed by atoms with Crippen molar-refractivity contribution in [2.45, 2.75) is 26.3 Å². The van der Waals surface area contributed by atoms with Crippen LogP contribution < -0.4 is 10.2 Å². The van der Waals surface area contributed by atoms with Gasteiger partial charge in [0.2, 0.25) is 0 Å². The van der Waals surface area contributed by atoms with E-state index < -0.39 is 11.7 Å². The van der Waals surface area contributed by atoms with Crippen LogP contribution in [-0.2, 0) is 4.79 Å². The van der Waals surface area contributed by atoms with Crippen molar-refractivity contribution < 1.29 is 9.59 Å². The number of rotatable bonds is 3. The van der Waals surface area contributed by atoms with Gasteiger partial charge < -0.3 is 10.2 Å². The number of amides is 1. The highest BCUT2D eigenvalue weighted by atomic mass is 16.2. The lowest BCUT2D eigenvalue weighted by molar-refractivity contribution is -0.112. The predicted molar refractivity (Wildman–Crippen MR) is 82.9 cm³/mol. The van der Waals surface area contributed by atoms with E-state index >= 15 is 0 Å². The van der Waals surface area contributed by atoms with Crippen molar-refractivity contribution >= 4 is 23.1 Å². The second-order valence-electron chi connectivity index (χ2n) is 5.79. The smallest absolute Gasteiger partial charge is 0.296 e. The number of hydrogen-bond donors (Lipinski definition) is 1. The molecule has 112 valence electrons. The van der Waals surface area contributed by atoms with Gasteiger partial charge in [-0.05, 0) is 31.5 Å². The third-order valence-electron chi connectivity index (χ3n) is 4.60. The summed E-state index contributed by atoms with van der Waals surface area (Å²) < 4.78 is 0. The molecular weight excluding hydrogens is 266 g/mol. The third kappa shape index (κ3) is 2.53. The molecule has 2 heterocycles. The van der Waals surface area contributed by atoms with Gasteiger partial charge in [0.05, 0.1) is 11.3 Å². The molecule has 1 fully saturated rings. The Morgan fingerprint density at radius 1 is 1.19 bits per heavy atom. The highest BCUT2D eigenvalue weighted by Crippen LogP contribution is 2.29. The van der Waals surface area contributed by atoms with Crippen LogP contribution in [0.15, 0.2) is 18.2 Å². The van der Waals surface area contributed by atoms with E-state index in [1.54, 1.807) is 6.07 Å². The zero-order valence-electron chi connectivity index (χ0n) is 12.6. The first-order valence-electron chi connectivity index (χ1n) is 7.59. The van der Waals surface area contributed by atoms with E-state index in [4.69, 9.17) is 0 Å². The van der Waals surface area contributed by atoms with Crippen molar-refractivity contribution in [3.8, 4) is 0 Å². The van der Waals surface area contributed by atoms with Crippen LogP contribution in [0.1, 0.15) is 30.6 Å². The standard InChI is InChI=1S/C16H21N3O2/c1-3-11(2)18-6-8-19(9-7-18)12-4-5-13-14(10-12)17-16(21)15(13)20/h4-5,10-11H,3,6-9H2,1-2H3,(H,17,20,21). The van der Waals surface area contributed by atoms with Crippen LogP contribution in [0.25, 0.3) is 0 Å². The van der Waals surface area contributed by atoms with Gasteiger partial charge in [0.25, 0.3) is 11.7 Å². The molecule has 1 aromatic carbocycles. The van der Waals surface area contributed by atoms with Gasteiger partial charge in [0.15, 0.2) is 0 Å². The van der Waals surface area contributed by atoms with E-state index in [1.807, 2.05) is 12.1 Å². The number of ketones is 1. The molecule has 2 aliphatic heterocycles. The van der Waals surface area contributed by atoms with Crippen molar-refractivity contribution in [2.24, 2.45) is 0 Å². The van der Waals surface area contributed by atoms with Crippen molar-refractivity contribution in [1.82, 2.24) is 4.90 Å². The molecule has 0 radical (unpaired) electrons. The summed E-state index contributed by atoms with van der Waals surface area (Å²) >= 11 is 0. The number of Topliss-reactive ketones (excluding diaryl/α,β-unsaturated/α-hetero) is 1. The quantitative estimate of drug-likeness (QED) is 0.860. The Kier molecular flexibility index (Phi) is 3.68. The summed E-state index contributed by atoms with van der Waals surface area (Å²) in [5.41, 5.74) is 2.21. The lowest BCUT2D eigenvalue weighted by Crippen LogP contribution is -2.49. The largest absolute Gasteiger partial charge is 0.369 e. The Bertz CT molecular complexity index is 577. The monoisotopic (exact) mass is 287 g/mol. The number of carbonyl (C=O) groups is 2. The zero-order valence-corrected chi connectivity index (χ0v) is 12.6. The molecule has 0 aliphatic carbocycles. The molecule has 0 bridgehead atoms. The summed E-state index contributed by atoms with van der Waals surface area (Å²) in [5.74, 6) is -0.957. The average Bonchev–Trinajstić information content (AvgIpc) is 2.81.